The first-order valence-electron chi connectivity index (χ1n) is 11.6. The predicted molar refractivity (Wildman–Crippen MR) is 126 cm³/mol. The lowest BCUT2D eigenvalue weighted by Gasteiger charge is -2.30. The largest absolute Gasteiger partial charge is 0.435 e. The summed E-state index contributed by atoms with van der Waals surface area (Å²) in [7, 11) is 0. The highest BCUT2D eigenvalue weighted by molar-refractivity contribution is 6.02. The van der Waals surface area contributed by atoms with E-state index in [2.05, 4.69) is 19.9 Å². The zero-order valence-electron chi connectivity index (χ0n) is 18.3. The number of nitrogens with two attached hydrogens (primary N) is 1. The van der Waals surface area contributed by atoms with Gasteiger partial charge in [0, 0.05) is 34.8 Å². The Hall–Kier alpha value is -3.29. The van der Waals surface area contributed by atoms with Gasteiger partial charge in [0.05, 0.1) is 16.9 Å². The van der Waals surface area contributed by atoms with E-state index in [0.717, 1.165) is 67.1 Å². The van der Waals surface area contributed by atoms with Crippen LogP contribution in [0.3, 0.4) is 0 Å². The van der Waals surface area contributed by atoms with Crippen LogP contribution in [0.5, 0.6) is 5.75 Å². The van der Waals surface area contributed by atoms with Crippen LogP contribution >= 0.6 is 0 Å². The number of amides is 2. The van der Waals surface area contributed by atoms with Crippen molar-refractivity contribution in [2.24, 2.45) is 0 Å². The van der Waals surface area contributed by atoms with Gasteiger partial charge in [0.2, 0.25) is 0 Å². The van der Waals surface area contributed by atoms with Crippen molar-refractivity contribution in [1.29, 1.82) is 0 Å². The molecule has 1 aromatic heterocycles. The first-order valence-corrected chi connectivity index (χ1v) is 11.6. The van der Waals surface area contributed by atoms with Gasteiger partial charge >= 0.3 is 12.6 Å². The van der Waals surface area contributed by atoms with Crippen molar-refractivity contribution in [3.63, 3.8) is 0 Å². The summed E-state index contributed by atoms with van der Waals surface area (Å²) in [5, 5.41) is 6.73. The normalized spacial score (nSPS) is 16.8. The van der Waals surface area contributed by atoms with E-state index in [0.29, 0.717) is 11.4 Å². The molecule has 2 aliphatic carbocycles. The maximum absolute atomic E-state index is 12.8. The third-order valence-corrected chi connectivity index (χ3v) is 6.79. The number of nitrogens with zero attached hydrogens (tertiary/aromatic N) is 1. The number of rotatable bonds is 6. The summed E-state index contributed by atoms with van der Waals surface area (Å²) in [6.07, 6.45) is 7.52. The molecule has 0 saturated heterocycles. The van der Waals surface area contributed by atoms with Gasteiger partial charge in [0.25, 0.3) is 0 Å². The number of nitrogens with one attached hydrogen (secondary N) is 2. The molecule has 2 aliphatic rings. The third-order valence-electron chi connectivity index (χ3n) is 6.79. The van der Waals surface area contributed by atoms with Gasteiger partial charge in [0.15, 0.2) is 0 Å². The standard InChI is InChI=1S/C25H28F2N4O2/c26-24(27)33-19-12-13-20-21(14-19)31(18-6-3-7-18)23(22(20)28)15-8-10-17(11-9-15)30-25(32)29-16-4-1-2-5-16/h8-14,16,18,24H,1-7,28H2,(H2,29,30,32). The van der Waals surface area contributed by atoms with Crippen LogP contribution in [0.25, 0.3) is 22.2 Å². The van der Waals surface area contributed by atoms with Crippen molar-refractivity contribution in [3.05, 3.63) is 42.5 Å². The lowest BCUT2D eigenvalue weighted by Crippen LogP contribution is -2.36. The Morgan fingerprint density at radius 1 is 1.03 bits per heavy atom. The Labute approximate surface area is 191 Å². The summed E-state index contributed by atoms with van der Waals surface area (Å²) in [5.41, 5.74) is 10.4. The van der Waals surface area contributed by atoms with E-state index in [1.165, 1.54) is 6.07 Å². The van der Waals surface area contributed by atoms with Gasteiger partial charge in [-0.2, -0.15) is 8.78 Å². The first kappa shape index (κ1) is 21.6. The number of urea groups is 1. The van der Waals surface area contributed by atoms with E-state index in [9.17, 15) is 13.6 Å². The second-order valence-corrected chi connectivity index (χ2v) is 8.93. The van der Waals surface area contributed by atoms with Crippen molar-refractivity contribution in [2.75, 3.05) is 11.1 Å². The molecule has 0 unspecified atom stereocenters. The van der Waals surface area contributed by atoms with Crippen LogP contribution in [0.2, 0.25) is 0 Å². The Bertz CT molecular complexity index is 1150. The average Bonchev–Trinajstić information content (AvgIpc) is 3.34. The third kappa shape index (κ3) is 4.34. The summed E-state index contributed by atoms with van der Waals surface area (Å²) in [5.74, 6) is 0.120. The molecule has 1 heterocycles. The summed E-state index contributed by atoms with van der Waals surface area (Å²) in [6.45, 7) is -2.88. The fourth-order valence-corrected chi connectivity index (χ4v) is 4.95. The quantitative estimate of drug-likeness (QED) is 0.410. The topological polar surface area (TPSA) is 81.3 Å². The Morgan fingerprint density at radius 2 is 1.76 bits per heavy atom. The minimum atomic E-state index is -2.88. The zero-order chi connectivity index (χ0) is 22.9. The van der Waals surface area contributed by atoms with Crippen LogP contribution in [0.15, 0.2) is 42.5 Å². The van der Waals surface area contributed by atoms with Gasteiger partial charge in [-0.1, -0.05) is 25.0 Å². The molecule has 8 heteroatoms. The van der Waals surface area contributed by atoms with Crippen LogP contribution in [0, 0.1) is 0 Å². The molecule has 4 N–H and O–H groups in total. The molecule has 5 rings (SSSR count). The fraction of sp³-hybridized carbons (Fsp3) is 0.400. The minimum absolute atomic E-state index is 0.120. The number of ether oxygens (including phenoxy) is 1. The number of carbonyl (C=O) groups excluding carboxylic acids is 1. The second kappa shape index (κ2) is 8.92. The van der Waals surface area contributed by atoms with Gasteiger partial charge in [-0.15, -0.1) is 0 Å². The van der Waals surface area contributed by atoms with Crippen molar-refractivity contribution in [1.82, 2.24) is 9.88 Å². The molecular weight excluding hydrogens is 426 g/mol. The average molecular weight is 455 g/mol. The number of benzene rings is 2. The molecule has 0 radical (unpaired) electrons. The smallest absolute Gasteiger partial charge is 0.387 e. The molecule has 2 fully saturated rings. The monoisotopic (exact) mass is 454 g/mol. The van der Waals surface area contributed by atoms with Gasteiger partial charge in [-0.05, 0) is 56.4 Å². The van der Waals surface area contributed by atoms with E-state index >= 15 is 0 Å². The van der Waals surface area contributed by atoms with Gasteiger partial charge in [-0.3, -0.25) is 0 Å². The minimum Gasteiger partial charge on any atom is -0.435 e. The molecular formula is C25H28F2N4O2. The van der Waals surface area contributed by atoms with E-state index < -0.39 is 6.61 Å². The SMILES string of the molecule is Nc1c(-c2ccc(NC(=O)NC3CCCC3)cc2)n(C2CCC2)c2cc(OC(F)F)ccc12. The molecule has 3 aromatic rings. The molecule has 0 aliphatic heterocycles. The Balaban J connectivity index is 1.44. The number of hydrogen-bond acceptors (Lipinski definition) is 3. The number of nitrogen functional groups attached to an aromatic ring is 1. The molecule has 0 bridgehead atoms. The van der Waals surface area contributed by atoms with E-state index in [1.54, 1.807) is 12.1 Å². The molecule has 0 spiro atoms. The van der Waals surface area contributed by atoms with Crippen LogP contribution in [-0.2, 0) is 0 Å². The lowest BCUT2D eigenvalue weighted by molar-refractivity contribution is -0.0497. The Morgan fingerprint density at radius 3 is 2.39 bits per heavy atom. The molecule has 174 valence electrons. The number of halogens is 2. The highest BCUT2D eigenvalue weighted by Gasteiger charge is 2.27. The number of alkyl halides is 2. The lowest BCUT2D eigenvalue weighted by atomic mass is 9.92. The molecule has 33 heavy (non-hydrogen) atoms. The van der Waals surface area contributed by atoms with Crippen LogP contribution in [0.4, 0.5) is 25.0 Å². The molecule has 2 saturated carbocycles. The Kier molecular flexibility index (Phi) is 5.83. The number of fused-ring (bicyclic) bond motifs is 1. The first-order chi connectivity index (χ1) is 16.0. The highest BCUT2D eigenvalue weighted by Crippen LogP contribution is 2.45. The van der Waals surface area contributed by atoms with Crippen LogP contribution in [0.1, 0.15) is 51.0 Å². The van der Waals surface area contributed by atoms with Gasteiger partial charge in [-0.25, -0.2) is 4.79 Å². The zero-order valence-corrected chi connectivity index (χ0v) is 18.3. The van der Waals surface area contributed by atoms with Gasteiger partial charge < -0.3 is 25.7 Å². The number of hydrogen-bond donors (Lipinski definition) is 3. The van der Waals surface area contributed by atoms with Crippen LogP contribution in [-0.4, -0.2) is 23.3 Å². The molecule has 2 amide bonds. The molecule has 0 atom stereocenters. The highest BCUT2D eigenvalue weighted by atomic mass is 19.3. The van der Waals surface area contributed by atoms with Crippen molar-refractivity contribution in [2.45, 2.75) is 63.6 Å². The number of anilines is 2. The van der Waals surface area contributed by atoms with E-state index in [1.807, 2.05) is 24.3 Å². The fourth-order valence-electron chi connectivity index (χ4n) is 4.95. The van der Waals surface area contributed by atoms with Crippen molar-refractivity contribution >= 4 is 28.3 Å². The summed E-state index contributed by atoms with van der Waals surface area (Å²) in [6, 6.07) is 12.8. The summed E-state index contributed by atoms with van der Waals surface area (Å²) < 4.78 is 32.3. The predicted octanol–water partition coefficient (Wildman–Crippen LogP) is 6.28. The molecule has 2 aromatic carbocycles. The second-order valence-electron chi connectivity index (χ2n) is 8.93. The summed E-state index contributed by atoms with van der Waals surface area (Å²) >= 11 is 0. The van der Waals surface area contributed by atoms with Crippen molar-refractivity contribution in [3.8, 4) is 17.0 Å². The van der Waals surface area contributed by atoms with E-state index in [4.69, 9.17) is 5.73 Å². The summed E-state index contributed by atoms with van der Waals surface area (Å²) in [4.78, 5) is 12.3. The van der Waals surface area contributed by atoms with Gasteiger partial charge in [0.1, 0.15) is 5.75 Å². The van der Waals surface area contributed by atoms with E-state index in [-0.39, 0.29) is 23.9 Å². The molecule has 6 nitrogen and oxygen atoms in total. The van der Waals surface area contributed by atoms with Crippen LogP contribution < -0.4 is 21.1 Å². The number of aromatic nitrogens is 1. The maximum atomic E-state index is 12.8. The van der Waals surface area contributed by atoms with Crippen molar-refractivity contribution < 1.29 is 18.3 Å². The number of carbonyl (C=O) groups is 1. The maximum Gasteiger partial charge on any atom is 0.387 e.